The number of anilines is 1. The summed E-state index contributed by atoms with van der Waals surface area (Å²) in [6.07, 6.45) is 3.10. The molecule has 0 saturated heterocycles. The first-order valence-electron chi connectivity index (χ1n) is 7.97. The van der Waals surface area contributed by atoms with Gasteiger partial charge in [-0.15, -0.1) is 11.3 Å². The van der Waals surface area contributed by atoms with Crippen molar-refractivity contribution in [3.63, 3.8) is 0 Å². The van der Waals surface area contributed by atoms with Gasteiger partial charge in [-0.05, 0) is 24.3 Å². The Morgan fingerprint density at radius 2 is 1.93 bits per heavy atom. The fourth-order valence-electron chi connectivity index (χ4n) is 2.51. The smallest absolute Gasteiger partial charge is 0.276 e. The number of imidazole rings is 1. The molecule has 0 atom stereocenters. The molecule has 1 amide bonds. The predicted octanol–water partition coefficient (Wildman–Crippen LogP) is 3.51. The molecule has 4 aromatic rings. The molecule has 0 unspecified atom stereocenters. The van der Waals surface area contributed by atoms with Crippen LogP contribution in [0.5, 0.6) is 0 Å². The molecule has 1 aromatic carbocycles. The Morgan fingerprint density at radius 3 is 2.74 bits per heavy atom. The molecule has 0 fully saturated rings. The van der Waals surface area contributed by atoms with E-state index in [0.29, 0.717) is 27.9 Å². The molecule has 7 nitrogen and oxygen atoms in total. The van der Waals surface area contributed by atoms with E-state index in [-0.39, 0.29) is 5.91 Å². The number of thiazole rings is 1. The number of para-hydroxylation sites is 1. The van der Waals surface area contributed by atoms with Crippen LogP contribution in [0.3, 0.4) is 0 Å². The molecule has 0 aliphatic heterocycles. The quantitative estimate of drug-likeness (QED) is 0.591. The summed E-state index contributed by atoms with van der Waals surface area (Å²) >= 11 is 1.29. The lowest BCUT2D eigenvalue weighted by Crippen LogP contribution is -2.15. The molecule has 0 spiro atoms. The molecule has 0 aliphatic rings. The number of hydrogen-bond donors (Lipinski definition) is 1. The van der Waals surface area contributed by atoms with Crippen molar-refractivity contribution >= 4 is 22.4 Å². The Balaban J connectivity index is 1.56. The standard InChI is InChI=1S/C19H12N6OS/c20-9-13-5-4-8-15(22-13)16-11-27-19(23-16)24-18(26)17-10-21-12-25(17)14-6-2-1-3-7-14/h1-8,10-12H,(H,23,24,26). The van der Waals surface area contributed by atoms with E-state index in [1.165, 1.54) is 17.5 Å². The van der Waals surface area contributed by atoms with Gasteiger partial charge in [-0.2, -0.15) is 5.26 Å². The van der Waals surface area contributed by atoms with Crippen LogP contribution in [0.25, 0.3) is 17.1 Å². The summed E-state index contributed by atoms with van der Waals surface area (Å²) in [5.41, 5.74) is 2.75. The summed E-state index contributed by atoms with van der Waals surface area (Å²) in [5.74, 6) is -0.309. The van der Waals surface area contributed by atoms with Gasteiger partial charge in [-0.3, -0.25) is 14.7 Å². The van der Waals surface area contributed by atoms with E-state index in [2.05, 4.69) is 20.3 Å². The Morgan fingerprint density at radius 1 is 1.07 bits per heavy atom. The molecule has 8 heteroatoms. The maximum absolute atomic E-state index is 12.7. The number of carbonyl (C=O) groups is 1. The Bertz CT molecular complexity index is 1140. The zero-order chi connectivity index (χ0) is 18.6. The third-order valence-electron chi connectivity index (χ3n) is 3.76. The van der Waals surface area contributed by atoms with Crippen molar-refractivity contribution in [3.05, 3.63) is 77.8 Å². The molecular formula is C19H12N6OS. The Hall–Kier alpha value is -3.83. The third kappa shape index (κ3) is 3.44. The van der Waals surface area contributed by atoms with Crippen LogP contribution in [0, 0.1) is 11.3 Å². The lowest BCUT2D eigenvalue weighted by molar-refractivity contribution is 0.102. The molecule has 1 N–H and O–H groups in total. The second-order valence-corrected chi connectivity index (χ2v) is 6.35. The first-order chi connectivity index (χ1) is 13.2. The van der Waals surface area contributed by atoms with E-state index < -0.39 is 0 Å². The lowest BCUT2D eigenvalue weighted by atomic mass is 10.2. The largest absolute Gasteiger partial charge is 0.296 e. The van der Waals surface area contributed by atoms with Gasteiger partial charge in [0.1, 0.15) is 23.2 Å². The van der Waals surface area contributed by atoms with Gasteiger partial charge in [-0.1, -0.05) is 24.3 Å². The minimum atomic E-state index is -0.309. The topological polar surface area (TPSA) is 96.5 Å². The molecule has 3 heterocycles. The SMILES string of the molecule is N#Cc1cccc(-c2csc(NC(=O)c3cncn3-c3ccccc3)n2)n1. The minimum Gasteiger partial charge on any atom is -0.296 e. The van der Waals surface area contributed by atoms with Crippen LogP contribution in [0.1, 0.15) is 16.2 Å². The van der Waals surface area contributed by atoms with E-state index >= 15 is 0 Å². The van der Waals surface area contributed by atoms with Crippen molar-refractivity contribution in [2.24, 2.45) is 0 Å². The summed E-state index contributed by atoms with van der Waals surface area (Å²) in [5, 5.41) is 14.0. The first kappa shape index (κ1) is 16.6. The van der Waals surface area contributed by atoms with Crippen LogP contribution >= 0.6 is 11.3 Å². The molecule has 130 valence electrons. The molecule has 0 radical (unpaired) electrons. The predicted molar refractivity (Wildman–Crippen MR) is 102 cm³/mol. The van der Waals surface area contributed by atoms with E-state index in [9.17, 15) is 4.79 Å². The lowest BCUT2D eigenvalue weighted by Gasteiger charge is -2.07. The van der Waals surface area contributed by atoms with Crippen LogP contribution in [-0.4, -0.2) is 25.4 Å². The van der Waals surface area contributed by atoms with Gasteiger partial charge in [0.15, 0.2) is 5.13 Å². The summed E-state index contributed by atoms with van der Waals surface area (Å²) < 4.78 is 1.71. The molecular weight excluding hydrogens is 360 g/mol. The highest BCUT2D eigenvalue weighted by molar-refractivity contribution is 7.14. The number of pyridine rings is 1. The summed E-state index contributed by atoms with van der Waals surface area (Å²) in [6, 6.07) is 16.6. The Kier molecular flexibility index (Phi) is 4.43. The third-order valence-corrected chi connectivity index (χ3v) is 4.51. The van der Waals surface area contributed by atoms with E-state index in [4.69, 9.17) is 5.26 Å². The van der Waals surface area contributed by atoms with E-state index in [1.54, 1.807) is 34.5 Å². The van der Waals surface area contributed by atoms with E-state index in [1.807, 2.05) is 36.4 Å². The van der Waals surface area contributed by atoms with Gasteiger partial charge < -0.3 is 0 Å². The fourth-order valence-corrected chi connectivity index (χ4v) is 3.21. The minimum absolute atomic E-state index is 0.309. The van der Waals surface area contributed by atoms with Crippen molar-refractivity contribution in [2.75, 3.05) is 5.32 Å². The monoisotopic (exact) mass is 372 g/mol. The highest BCUT2D eigenvalue weighted by Gasteiger charge is 2.15. The first-order valence-corrected chi connectivity index (χ1v) is 8.85. The molecule has 4 rings (SSSR count). The van der Waals surface area contributed by atoms with Gasteiger partial charge in [0.2, 0.25) is 0 Å². The average Bonchev–Trinajstić information content (AvgIpc) is 3.38. The number of carbonyl (C=O) groups excluding carboxylic acids is 1. The number of nitrogens with zero attached hydrogens (tertiary/aromatic N) is 5. The average molecular weight is 372 g/mol. The number of aromatic nitrogens is 4. The highest BCUT2D eigenvalue weighted by atomic mass is 32.1. The highest BCUT2D eigenvalue weighted by Crippen LogP contribution is 2.24. The van der Waals surface area contributed by atoms with Gasteiger partial charge >= 0.3 is 0 Å². The van der Waals surface area contributed by atoms with Crippen LogP contribution < -0.4 is 5.32 Å². The van der Waals surface area contributed by atoms with Crippen molar-refractivity contribution < 1.29 is 4.79 Å². The van der Waals surface area contributed by atoms with Crippen LogP contribution in [0.4, 0.5) is 5.13 Å². The Labute approximate surface area is 158 Å². The van der Waals surface area contributed by atoms with Gasteiger partial charge in [0.05, 0.1) is 18.2 Å². The number of benzene rings is 1. The second-order valence-electron chi connectivity index (χ2n) is 5.50. The maximum atomic E-state index is 12.7. The number of hydrogen-bond acceptors (Lipinski definition) is 6. The number of nitriles is 1. The zero-order valence-electron chi connectivity index (χ0n) is 13.9. The van der Waals surface area contributed by atoms with Crippen molar-refractivity contribution in [1.82, 2.24) is 19.5 Å². The summed E-state index contributed by atoms with van der Waals surface area (Å²) in [6.45, 7) is 0. The molecule has 0 aliphatic carbocycles. The molecule has 27 heavy (non-hydrogen) atoms. The summed E-state index contributed by atoms with van der Waals surface area (Å²) in [7, 11) is 0. The normalized spacial score (nSPS) is 10.3. The van der Waals surface area contributed by atoms with Crippen LogP contribution in [0.2, 0.25) is 0 Å². The molecule has 0 saturated carbocycles. The van der Waals surface area contributed by atoms with Crippen molar-refractivity contribution in [1.29, 1.82) is 5.26 Å². The van der Waals surface area contributed by atoms with E-state index in [0.717, 1.165) is 5.69 Å². The molecule has 3 aromatic heterocycles. The second kappa shape index (κ2) is 7.19. The number of amides is 1. The number of nitrogens with one attached hydrogen (secondary N) is 1. The maximum Gasteiger partial charge on any atom is 0.276 e. The van der Waals surface area contributed by atoms with Crippen LogP contribution in [0.15, 0.2) is 66.4 Å². The molecule has 0 bridgehead atoms. The number of rotatable bonds is 4. The zero-order valence-corrected chi connectivity index (χ0v) is 14.7. The van der Waals surface area contributed by atoms with Gasteiger partial charge in [-0.25, -0.2) is 15.0 Å². The summed E-state index contributed by atoms with van der Waals surface area (Å²) in [4.78, 5) is 25.3. The fraction of sp³-hybridized carbons (Fsp3) is 0. The van der Waals surface area contributed by atoms with Crippen LogP contribution in [-0.2, 0) is 0 Å². The van der Waals surface area contributed by atoms with Crippen molar-refractivity contribution in [3.8, 4) is 23.1 Å². The van der Waals surface area contributed by atoms with Crippen molar-refractivity contribution in [2.45, 2.75) is 0 Å². The van der Waals surface area contributed by atoms with Gasteiger partial charge in [0, 0.05) is 11.1 Å². The van der Waals surface area contributed by atoms with Gasteiger partial charge in [0.25, 0.3) is 5.91 Å².